The molecule has 0 bridgehead atoms. The molecule has 5 rings (SSSR count). The molecule has 0 saturated carbocycles. The molecule has 0 unspecified atom stereocenters. The highest BCUT2D eigenvalue weighted by molar-refractivity contribution is 6.00. The number of carbonyl (C=O) groups excluding carboxylic acids is 1. The van der Waals surface area contributed by atoms with E-state index in [1.165, 1.54) is 12.3 Å². The zero-order chi connectivity index (χ0) is 22.8. The molecule has 0 aliphatic carbocycles. The third-order valence-electron chi connectivity index (χ3n) is 5.75. The molecular formula is C25H22FN5O2. The Bertz CT molecular complexity index is 1300. The zero-order valence-electron chi connectivity index (χ0n) is 18.1. The fourth-order valence-corrected chi connectivity index (χ4v) is 4.04. The SMILES string of the molecule is Cc1nccnc1N1CCN(C(=O)c2ccccc2-c2ncc(-c3ccccc3F)o2)CC1. The van der Waals surface area contributed by atoms with Crippen LogP contribution in [0.15, 0.2) is 71.5 Å². The molecule has 1 saturated heterocycles. The number of hydrogen-bond acceptors (Lipinski definition) is 6. The van der Waals surface area contributed by atoms with Crippen molar-refractivity contribution in [2.45, 2.75) is 6.92 Å². The van der Waals surface area contributed by atoms with E-state index >= 15 is 0 Å². The van der Waals surface area contributed by atoms with Gasteiger partial charge >= 0.3 is 0 Å². The first-order chi connectivity index (χ1) is 16.1. The molecule has 3 heterocycles. The number of aromatic nitrogens is 3. The summed E-state index contributed by atoms with van der Waals surface area (Å²) in [5.74, 6) is 0.974. The van der Waals surface area contributed by atoms with Gasteiger partial charge < -0.3 is 14.2 Å². The van der Waals surface area contributed by atoms with Crippen LogP contribution < -0.4 is 4.90 Å². The van der Waals surface area contributed by atoms with E-state index < -0.39 is 0 Å². The predicted molar refractivity (Wildman–Crippen MR) is 122 cm³/mol. The molecule has 0 atom stereocenters. The molecule has 7 nitrogen and oxygen atoms in total. The Hall–Kier alpha value is -4.07. The first-order valence-corrected chi connectivity index (χ1v) is 10.7. The molecule has 0 N–H and O–H groups in total. The van der Waals surface area contributed by atoms with Crippen LogP contribution in [0.1, 0.15) is 16.1 Å². The molecule has 0 spiro atoms. The van der Waals surface area contributed by atoms with Crippen molar-refractivity contribution in [2.24, 2.45) is 0 Å². The second kappa shape index (κ2) is 8.82. The summed E-state index contributed by atoms with van der Waals surface area (Å²) in [5, 5.41) is 0. The maximum Gasteiger partial charge on any atom is 0.254 e. The minimum absolute atomic E-state index is 0.0910. The molecular weight excluding hydrogens is 421 g/mol. The highest BCUT2D eigenvalue weighted by atomic mass is 19.1. The third kappa shape index (κ3) is 4.07. The number of halogens is 1. The van der Waals surface area contributed by atoms with Gasteiger partial charge in [0.15, 0.2) is 5.76 Å². The van der Waals surface area contributed by atoms with E-state index in [4.69, 9.17) is 4.42 Å². The van der Waals surface area contributed by atoms with E-state index in [-0.39, 0.29) is 17.6 Å². The Kier molecular flexibility index (Phi) is 5.56. The van der Waals surface area contributed by atoms with Gasteiger partial charge in [0.05, 0.1) is 23.0 Å². The van der Waals surface area contributed by atoms with E-state index in [1.54, 1.807) is 42.7 Å². The number of benzene rings is 2. The number of piperazine rings is 1. The first-order valence-electron chi connectivity index (χ1n) is 10.7. The summed E-state index contributed by atoms with van der Waals surface area (Å²) in [6.45, 7) is 4.40. The molecule has 1 amide bonds. The smallest absolute Gasteiger partial charge is 0.254 e. The van der Waals surface area contributed by atoms with Crippen LogP contribution in [0.2, 0.25) is 0 Å². The molecule has 0 radical (unpaired) electrons. The van der Waals surface area contributed by atoms with E-state index in [9.17, 15) is 9.18 Å². The van der Waals surface area contributed by atoms with Gasteiger partial charge in [0, 0.05) is 44.1 Å². The summed E-state index contributed by atoms with van der Waals surface area (Å²) in [6, 6.07) is 13.6. The molecule has 2 aromatic heterocycles. The quantitative estimate of drug-likeness (QED) is 0.470. The van der Waals surface area contributed by atoms with Gasteiger partial charge in [-0.05, 0) is 31.2 Å². The Morgan fingerprint density at radius 2 is 1.61 bits per heavy atom. The summed E-state index contributed by atoms with van der Waals surface area (Å²) >= 11 is 0. The number of carbonyl (C=O) groups is 1. The van der Waals surface area contributed by atoms with Gasteiger partial charge in [-0.1, -0.05) is 24.3 Å². The summed E-state index contributed by atoms with van der Waals surface area (Å²) in [4.78, 5) is 30.4. The normalized spacial score (nSPS) is 13.9. The Morgan fingerprint density at radius 1 is 0.909 bits per heavy atom. The standard InChI is InChI=1S/C25H22FN5O2/c1-17-23(28-11-10-27-17)30-12-14-31(15-13-30)25(32)19-7-3-2-6-18(19)24-29-16-22(33-24)20-8-4-5-9-21(20)26/h2-11,16H,12-15H2,1H3. The van der Waals surface area contributed by atoms with Crippen LogP contribution in [-0.2, 0) is 0 Å². The fraction of sp³-hybridized carbons (Fsp3) is 0.200. The van der Waals surface area contributed by atoms with Crippen LogP contribution in [0.3, 0.4) is 0 Å². The van der Waals surface area contributed by atoms with Crippen molar-refractivity contribution >= 4 is 11.7 Å². The molecule has 1 aliphatic heterocycles. The van der Waals surface area contributed by atoms with Crippen LogP contribution in [0.4, 0.5) is 10.2 Å². The lowest BCUT2D eigenvalue weighted by molar-refractivity contribution is 0.0747. The third-order valence-corrected chi connectivity index (χ3v) is 5.75. The van der Waals surface area contributed by atoms with Gasteiger partial charge in [-0.2, -0.15) is 0 Å². The highest BCUT2D eigenvalue weighted by Crippen LogP contribution is 2.30. The lowest BCUT2D eigenvalue weighted by Gasteiger charge is -2.36. The van der Waals surface area contributed by atoms with Gasteiger partial charge in [0.1, 0.15) is 11.6 Å². The van der Waals surface area contributed by atoms with Gasteiger partial charge in [-0.15, -0.1) is 0 Å². The van der Waals surface area contributed by atoms with Gasteiger partial charge in [0.25, 0.3) is 5.91 Å². The van der Waals surface area contributed by atoms with Gasteiger partial charge in [-0.25, -0.2) is 14.4 Å². The number of hydrogen-bond donors (Lipinski definition) is 0. The number of rotatable bonds is 4. The Morgan fingerprint density at radius 3 is 2.36 bits per heavy atom. The highest BCUT2D eigenvalue weighted by Gasteiger charge is 2.26. The topological polar surface area (TPSA) is 75.4 Å². The Balaban J connectivity index is 1.36. The van der Waals surface area contributed by atoms with Crippen LogP contribution >= 0.6 is 0 Å². The number of nitrogens with zero attached hydrogens (tertiary/aromatic N) is 5. The van der Waals surface area contributed by atoms with Crippen molar-refractivity contribution in [1.82, 2.24) is 19.9 Å². The second-order valence-electron chi connectivity index (χ2n) is 7.80. The molecule has 1 aliphatic rings. The molecule has 4 aromatic rings. The van der Waals surface area contributed by atoms with Gasteiger partial charge in [-0.3, -0.25) is 9.78 Å². The average Bonchev–Trinajstić information content (AvgIpc) is 3.34. The van der Waals surface area contributed by atoms with Crippen LogP contribution in [0, 0.1) is 12.7 Å². The molecule has 8 heteroatoms. The van der Waals surface area contributed by atoms with E-state index in [0.717, 1.165) is 11.5 Å². The summed E-state index contributed by atoms with van der Waals surface area (Å²) in [6.07, 6.45) is 4.84. The summed E-state index contributed by atoms with van der Waals surface area (Å²) < 4.78 is 20.0. The monoisotopic (exact) mass is 443 g/mol. The fourth-order valence-electron chi connectivity index (χ4n) is 4.04. The van der Waals surface area contributed by atoms with E-state index in [1.807, 2.05) is 24.0 Å². The number of aryl methyl sites for hydroxylation is 1. The van der Waals surface area contributed by atoms with Crippen molar-refractivity contribution in [3.8, 4) is 22.8 Å². The maximum atomic E-state index is 14.2. The van der Waals surface area contributed by atoms with Crippen LogP contribution in [0.5, 0.6) is 0 Å². The molecule has 1 fully saturated rings. The van der Waals surface area contributed by atoms with Crippen LogP contribution in [0.25, 0.3) is 22.8 Å². The predicted octanol–water partition coefficient (Wildman–Crippen LogP) is 4.21. The summed E-state index contributed by atoms with van der Waals surface area (Å²) in [7, 11) is 0. The molecule has 2 aromatic carbocycles. The maximum absolute atomic E-state index is 14.2. The zero-order valence-corrected chi connectivity index (χ0v) is 18.1. The number of anilines is 1. The van der Waals surface area contributed by atoms with Crippen molar-refractivity contribution in [3.05, 3.63) is 84.2 Å². The van der Waals surface area contributed by atoms with Crippen molar-refractivity contribution in [3.63, 3.8) is 0 Å². The van der Waals surface area contributed by atoms with Crippen molar-refractivity contribution in [2.75, 3.05) is 31.1 Å². The minimum Gasteiger partial charge on any atom is -0.436 e. The average molecular weight is 443 g/mol. The number of amides is 1. The first kappa shape index (κ1) is 20.8. The van der Waals surface area contributed by atoms with Gasteiger partial charge in [0.2, 0.25) is 5.89 Å². The van der Waals surface area contributed by atoms with Crippen molar-refractivity contribution in [1.29, 1.82) is 0 Å². The largest absolute Gasteiger partial charge is 0.436 e. The lowest BCUT2D eigenvalue weighted by atomic mass is 10.1. The van der Waals surface area contributed by atoms with Crippen molar-refractivity contribution < 1.29 is 13.6 Å². The lowest BCUT2D eigenvalue weighted by Crippen LogP contribution is -2.49. The van der Waals surface area contributed by atoms with E-state index in [2.05, 4.69) is 19.9 Å². The minimum atomic E-state index is -0.388. The second-order valence-corrected chi connectivity index (χ2v) is 7.80. The Labute approximate surface area is 190 Å². The van der Waals surface area contributed by atoms with E-state index in [0.29, 0.717) is 48.6 Å². The van der Waals surface area contributed by atoms with Crippen LogP contribution in [-0.4, -0.2) is 51.9 Å². The molecule has 33 heavy (non-hydrogen) atoms. The molecule has 166 valence electrons. The number of oxazole rings is 1. The summed E-state index contributed by atoms with van der Waals surface area (Å²) in [5.41, 5.74) is 2.29.